The molecule has 98 valence electrons. The zero-order valence-electron chi connectivity index (χ0n) is 10.2. The lowest BCUT2D eigenvalue weighted by Crippen LogP contribution is -2.38. The van der Waals surface area contributed by atoms with Gasteiger partial charge in [-0.15, -0.1) is 0 Å². The molecule has 6 heteroatoms. The normalized spacial score (nSPS) is 41.8. The summed E-state index contributed by atoms with van der Waals surface area (Å²) in [4.78, 5) is 25.2. The van der Waals surface area contributed by atoms with Crippen LogP contribution in [0.3, 0.4) is 0 Å². The number of nitrogens with one attached hydrogen (secondary N) is 1. The molecule has 2 saturated carbocycles. The summed E-state index contributed by atoms with van der Waals surface area (Å²) in [5.41, 5.74) is -1.12. The highest BCUT2D eigenvalue weighted by Gasteiger charge is 2.69. The average molecular weight is 254 g/mol. The third-order valence-electron chi connectivity index (χ3n) is 4.53. The lowest BCUT2D eigenvalue weighted by Gasteiger charge is -2.21. The lowest BCUT2D eigenvalue weighted by molar-refractivity contribution is 0.0356. The number of aromatic amines is 1. The molecule has 0 unspecified atom stereocenters. The van der Waals surface area contributed by atoms with E-state index in [0.717, 1.165) is 0 Å². The van der Waals surface area contributed by atoms with E-state index in [4.69, 9.17) is 0 Å². The lowest BCUT2D eigenvalue weighted by atomic mass is 10.0. The number of aryl methyl sites for hydroxylation is 1. The zero-order chi connectivity index (χ0) is 13.2. The minimum Gasteiger partial charge on any atom is -0.389 e. The van der Waals surface area contributed by atoms with Gasteiger partial charge in [-0.2, -0.15) is 0 Å². The Labute approximate surface area is 102 Å². The molecular formula is C12H15FN2O3. The second-order valence-corrected chi connectivity index (χ2v) is 5.67. The van der Waals surface area contributed by atoms with Gasteiger partial charge in [0.1, 0.15) is 6.17 Å². The minimum atomic E-state index is -1.46. The average Bonchev–Trinajstić information content (AvgIpc) is 2.93. The number of aromatic nitrogens is 2. The first-order valence-corrected chi connectivity index (χ1v) is 6.00. The van der Waals surface area contributed by atoms with Crippen molar-refractivity contribution in [2.45, 2.75) is 38.6 Å². The van der Waals surface area contributed by atoms with Crippen molar-refractivity contribution in [2.24, 2.45) is 11.3 Å². The van der Waals surface area contributed by atoms with Gasteiger partial charge in [0, 0.05) is 17.2 Å². The fourth-order valence-electron chi connectivity index (χ4n) is 3.19. The van der Waals surface area contributed by atoms with Crippen molar-refractivity contribution < 1.29 is 9.50 Å². The summed E-state index contributed by atoms with van der Waals surface area (Å²) in [7, 11) is 0. The van der Waals surface area contributed by atoms with Crippen molar-refractivity contribution in [1.82, 2.24) is 9.55 Å². The molecule has 5 atom stereocenters. The monoisotopic (exact) mass is 254 g/mol. The maximum Gasteiger partial charge on any atom is 0.328 e. The third-order valence-corrected chi connectivity index (χ3v) is 4.53. The topological polar surface area (TPSA) is 75.1 Å². The van der Waals surface area contributed by atoms with Gasteiger partial charge in [0.25, 0.3) is 5.56 Å². The van der Waals surface area contributed by atoms with E-state index in [0.29, 0.717) is 12.0 Å². The largest absolute Gasteiger partial charge is 0.389 e. The number of aliphatic hydroxyl groups is 1. The maximum absolute atomic E-state index is 14.1. The zero-order valence-corrected chi connectivity index (χ0v) is 10.2. The molecule has 5 nitrogen and oxygen atoms in total. The first-order chi connectivity index (χ1) is 8.36. The molecule has 2 N–H and O–H groups in total. The highest BCUT2D eigenvalue weighted by Crippen LogP contribution is 2.67. The summed E-state index contributed by atoms with van der Waals surface area (Å²) in [5, 5.41) is 9.85. The number of alkyl halides is 1. The molecule has 2 aliphatic carbocycles. The molecular weight excluding hydrogens is 239 g/mol. The number of H-pyrrole nitrogens is 1. The number of nitrogens with zero attached hydrogens (tertiary/aromatic N) is 1. The van der Waals surface area contributed by atoms with Crippen molar-refractivity contribution in [3.05, 3.63) is 32.6 Å². The van der Waals surface area contributed by atoms with Crippen LogP contribution in [-0.4, -0.2) is 26.9 Å². The molecule has 0 aliphatic heterocycles. The summed E-state index contributed by atoms with van der Waals surface area (Å²) >= 11 is 0. The molecule has 0 bridgehead atoms. The van der Waals surface area contributed by atoms with E-state index in [1.807, 2.05) is 6.92 Å². The highest BCUT2D eigenvalue weighted by atomic mass is 19.1. The number of hydrogen-bond donors (Lipinski definition) is 2. The molecule has 0 saturated heterocycles. The summed E-state index contributed by atoms with van der Waals surface area (Å²) in [5.74, 6) is -0.0366. The summed E-state index contributed by atoms with van der Waals surface area (Å²) in [6.45, 7) is 3.40. The fourth-order valence-corrected chi connectivity index (χ4v) is 3.19. The molecule has 1 aromatic rings. The predicted molar refractivity (Wildman–Crippen MR) is 62.2 cm³/mol. The Hall–Kier alpha value is -1.43. The van der Waals surface area contributed by atoms with Crippen molar-refractivity contribution >= 4 is 0 Å². The van der Waals surface area contributed by atoms with E-state index < -0.39 is 35.0 Å². The Balaban J connectivity index is 2.10. The van der Waals surface area contributed by atoms with Crippen LogP contribution in [0.25, 0.3) is 0 Å². The smallest absolute Gasteiger partial charge is 0.328 e. The Morgan fingerprint density at radius 3 is 2.78 bits per heavy atom. The van der Waals surface area contributed by atoms with E-state index in [1.54, 1.807) is 6.92 Å². The van der Waals surface area contributed by atoms with Crippen molar-refractivity contribution in [1.29, 1.82) is 0 Å². The maximum atomic E-state index is 14.1. The van der Waals surface area contributed by atoms with Gasteiger partial charge in [-0.25, -0.2) is 9.18 Å². The van der Waals surface area contributed by atoms with Gasteiger partial charge in [0.05, 0.1) is 12.1 Å². The Morgan fingerprint density at radius 1 is 1.56 bits per heavy atom. The number of halogens is 1. The van der Waals surface area contributed by atoms with Crippen LogP contribution in [-0.2, 0) is 0 Å². The molecule has 0 spiro atoms. The SMILES string of the molecule is Cc1cn([C@H]2[C@@H](F)[C@H](O)[C@]3(C)C[C@H]23)c(=O)[nH]c1=O. The predicted octanol–water partition coefficient (Wildman–Crippen LogP) is 0.125. The van der Waals surface area contributed by atoms with E-state index in [9.17, 15) is 19.1 Å². The van der Waals surface area contributed by atoms with Crippen LogP contribution in [0, 0.1) is 18.3 Å². The number of fused-ring (bicyclic) bond motifs is 1. The second-order valence-electron chi connectivity index (χ2n) is 5.67. The van der Waals surface area contributed by atoms with E-state index in [2.05, 4.69) is 4.98 Å². The molecule has 0 radical (unpaired) electrons. The van der Waals surface area contributed by atoms with E-state index in [1.165, 1.54) is 10.8 Å². The molecule has 1 aromatic heterocycles. The van der Waals surface area contributed by atoms with Crippen LogP contribution >= 0.6 is 0 Å². The first-order valence-electron chi connectivity index (χ1n) is 6.00. The van der Waals surface area contributed by atoms with Gasteiger partial charge < -0.3 is 5.11 Å². The third kappa shape index (κ3) is 1.29. The minimum absolute atomic E-state index is 0.0366. The Kier molecular flexibility index (Phi) is 2.15. The number of rotatable bonds is 1. The number of hydrogen-bond acceptors (Lipinski definition) is 3. The molecule has 2 aliphatic rings. The van der Waals surface area contributed by atoms with Gasteiger partial charge in [-0.1, -0.05) is 6.92 Å². The molecule has 18 heavy (non-hydrogen) atoms. The van der Waals surface area contributed by atoms with Crippen LogP contribution in [0.15, 0.2) is 15.8 Å². The fraction of sp³-hybridized carbons (Fsp3) is 0.667. The van der Waals surface area contributed by atoms with Crippen LogP contribution in [0.4, 0.5) is 4.39 Å². The Morgan fingerprint density at radius 2 is 2.22 bits per heavy atom. The molecule has 1 heterocycles. The summed E-state index contributed by atoms with van der Waals surface area (Å²) in [6, 6.07) is -0.673. The van der Waals surface area contributed by atoms with Crippen LogP contribution in [0.5, 0.6) is 0 Å². The van der Waals surface area contributed by atoms with Gasteiger partial charge >= 0.3 is 5.69 Å². The summed E-state index contributed by atoms with van der Waals surface area (Å²) in [6.07, 6.45) is -0.401. The van der Waals surface area contributed by atoms with Crippen LogP contribution in [0.2, 0.25) is 0 Å². The highest BCUT2D eigenvalue weighted by molar-refractivity contribution is 5.19. The summed E-state index contributed by atoms with van der Waals surface area (Å²) < 4.78 is 15.3. The van der Waals surface area contributed by atoms with Crippen LogP contribution in [0.1, 0.15) is 24.9 Å². The standard InChI is InChI=1S/C12H15FN2O3/c1-5-4-15(11(18)14-10(5)17)8-6-3-12(6,2)9(16)7(8)13/h4,6-9,16H,3H2,1-2H3,(H,14,17,18)/t6-,7-,8-,9+,12-/m1/s1. The molecule has 0 aromatic carbocycles. The van der Waals surface area contributed by atoms with Crippen molar-refractivity contribution in [3.8, 4) is 0 Å². The molecule has 0 amide bonds. The van der Waals surface area contributed by atoms with E-state index >= 15 is 0 Å². The van der Waals surface area contributed by atoms with Crippen molar-refractivity contribution in [3.63, 3.8) is 0 Å². The van der Waals surface area contributed by atoms with Gasteiger partial charge in [-0.05, 0) is 19.3 Å². The molecule has 3 rings (SSSR count). The van der Waals surface area contributed by atoms with Gasteiger partial charge in [0.2, 0.25) is 0 Å². The molecule has 2 fully saturated rings. The second kappa shape index (κ2) is 3.32. The first kappa shape index (κ1) is 11.6. The quantitative estimate of drug-likeness (QED) is 0.747. The van der Waals surface area contributed by atoms with Crippen molar-refractivity contribution in [2.75, 3.05) is 0 Å². The Bertz CT molecular complexity index is 620. The number of aliphatic hydroxyl groups excluding tert-OH is 1. The van der Waals surface area contributed by atoms with Crippen LogP contribution < -0.4 is 11.2 Å². The van der Waals surface area contributed by atoms with Gasteiger partial charge in [0.15, 0.2) is 0 Å². The van der Waals surface area contributed by atoms with Gasteiger partial charge in [-0.3, -0.25) is 14.3 Å². The van der Waals surface area contributed by atoms with E-state index in [-0.39, 0.29) is 5.92 Å².